The molecule has 0 bridgehead atoms. The molecule has 3 aromatic rings. The number of hydrogen-bond acceptors (Lipinski definition) is 5. The van der Waals surface area contributed by atoms with E-state index in [0.29, 0.717) is 0 Å². The minimum atomic E-state index is 0.799. The molecule has 3 aromatic heterocycles. The van der Waals surface area contributed by atoms with Gasteiger partial charge in [0.15, 0.2) is 0 Å². The van der Waals surface area contributed by atoms with Crippen LogP contribution in [-0.2, 0) is 13.6 Å². The summed E-state index contributed by atoms with van der Waals surface area (Å²) in [6, 6.07) is 3.97. The second kappa shape index (κ2) is 6.05. The molecule has 0 fully saturated rings. The third-order valence-corrected chi connectivity index (χ3v) is 4.11. The number of rotatable bonds is 5. The van der Waals surface area contributed by atoms with Crippen molar-refractivity contribution < 1.29 is 0 Å². The highest BCUT2D eigenvalue weighted by atomic mass is 32.1. The van der Waals surface area contributed by atoms with Crippen molar-refractivity contribution >= 4 is 17.0 Å². The zero-order valence-corrected chi connectivity index (χ0v) is 12.9. The van der Waals surface area contributed by atoms with Gasteiger partial charge in [-0.1, -0.05) is 0 Å². The zero-order valence-electron chi connectivity index (χ0n) is 12.1. The van der Waals surface area contributed by atoms with Crippen molar-refractivity contribution in [2.45, 2.75) is 13.5 Å². The summed E-state index contributed by atoms with van der Waals surface area (Å²) in [5.74, 6) is 0. The lowest BCUT2D eigenvalue weighted by Gasteiger charge is -2.19. The van der Waals surface area contributed by atoms with E-state index in [1.807, 2.05) is 42.5 Å². The fraction of sp³-hybridized carbons (Fsp3) is 0.267. The van der Waals surface area contributed by atoms with Crippen LogP contribution in [0.25, 0.3) is 11.3 Å². The molecule has 0 aromatic carbocycles. The van der Waals surface area contributed by atoms with Gasteiger partial charge in [-0.3, -0.25) is 9.67 Å². The van der Waals surface area contributed by atoms with E-state index >= 15 is 0 Å². The van der Waals surface area contributed by atoms with Gasteiger partial charge in [-0.2, -0.15) is 5.10 Å². The average Bonchev–Trinajstić information content (AvgIpc) is 3.15. The summed E-state index contributed by atoms with van der Waals surface area (Å²) in [6.07, 6.45) is 7.54. The van der Waals surface area contributed by atoms with Crippen molar-refractivity contribution in [1.82, 2.24) is 19.7 Å². The molecule has 0 atom stereocenters. The lowest BCUT2D eigenvalue weighted by molar-refractivity contribution is 0.766. The lowest BCUT2D eigenvalue weighted by atomic mass is 10.2. The second-order valence-electron chi connectivity index (χ2n) is 4.75. The molecule has 0 radical (unpaired) electrons. The lowest BCUT2D eigenvalue weighted by Crippen LogP contribution is -2.21. The Bertz CT molecular complexity index is 704. The molecule has 0 aliphatic heterocycles. The molecule has 3 heterocycles. The van der Waals surface area contributed by atoms with Crippen LogP contribution in [0.4, 0.5) is 5.69 Å². The van der Waals surface area contributed by atoms with Gasteiger partial charge in [0.05, 0.1) is 24.1 Å². The molecular weight excluding hydrogens is 282 g/mol. The van der Waals surface area contributed by atoms with E-state index < -0.39 is 0 Å². The maximum absolute atomic E-state index is 4.71. The number of pyridine rings is 1. The molecule has 0 spiro atoms. The molecule has 21 heavy (non-hydrogen) atoms. The van der Waals surface area contributed by atoms with Gasteiger partial charge in [0.1, 0.15) is 5.01 Å². The Labute approximate surface area is 127 Å². The van der Waals surface area contributed by atoms with E-state index in [4.69, 9.17) is 4.98 Å². The fourth-order valence-corrected chi connectivity index (χ4v) is 2.97. The van der Waals surface area contributed by atoms with E-state index in [1.54, 1.807) is 17.5 Å². The Balaban J connectivity index is 1.77. The molecule has 108 valence electrons. The molecule has 0 unspecified atom stereocenters. The fourth-order valence-electron chi connectivity index (χ4n) is 2.15. The predicted octanol–water partition coefficient (Wildman–Crippen LogP) is 2.97. The van der Waals surface area contributed by atoms with Crippen LogP contribution in [-0.4, -0.2) is 26.3 Å². The van der Waals surface area contributed by atoms with Gasteiger partial charge in [0, 0.05) is 43.1 Å². The highest BCUT2D eigenvalue weighted by Crippen LogP contribution is 2.23. The van der Waals surface area contributed by atoms with E-state index in [2.05, 4.69) is 27.3 Å². The summed E-state index contributed by atoms with van der Waals surface area (Å²) >= 11 is 1.68. The number of hydrogen-bond donors (Lipinski definition) is 0. The highest BCUT2D eigenvalue weighted by Gasteiger charge is 2.11. The third kappa shape index (κ3) is 3.11. The quantitative estimate of drug-likeness (QED) is 0.726. The molecule has 0 amide bonds. The summed E-state index contributed by atoms with van der Waals surface area (Å²) in [7, 11) is 1.93. The molecule has 6 heteroatoms. The Morgan fingerprint density at radius 1 is 1.33 bits per heavy atom. The van der Waals surface area contributed by atoms with Crippen LogP contribution in [0.15, 0.2) is 42.3 Å². The first-order valence-electron chi connectivity index (χ1n) is 6.84. The summed E-state index contributed by atoms with van der Waals surface area (Å²) in [5, 5.41) is 7.41. The molecule has 0 aliphatic carbocycles. The van der Waals surface area contributed by atoms with Gasteiger partial charge < -0.3 is 4.90 Å². The summed E-state index contributed by atoms with van der Waals surface area (Å²) in [5.41, 5.74) is 3.17. The van der Waals surface area contributed by atoms with Crippen LogP contribution in [0.2, 0.25) is 0 Å². The molecule has 3 rings (SSSR count). The van der Waals surface area contributed by atoms with E-state index in [1.165, 1.54) is 0 Å². The number of anilines is 1. The van der Waals surface area contributed by atoms with Crippen LogP contribution in [0.1, 0.15) is 11.9 Å². The number of nitrogens with zero attached hydrogens (tertiary/aromatic N) is 5. The molecule has 0 saturated carbocycles. The van der Waals surface area contributed by atoms with Crippen LogP contribution < -0.4 is 4.90 Å². The van der Waals surface area contributed by atoms with Crippen LogP contribution in [0.3, 0.4) is 0 Å². The van der Waals surface area contributed by atoms with Crippen LogP contribution in [0.5, 0.6) is 0 Å². The molecule has 0 saturated heterocycles. The first kappa shape index (κ1) is 13.8. The van der Waals surface area contributed by atoms with E-state index in [-0.39, 0.29) is 0 Å². The van der Waals surface area contributed by atoms with Crippen molar-refractivity contribution in [3.8, 4) is 11.3 Å². The van der Waals surface area contributed by atoms with Gasteiger partial charge in [-0.15, -0.1) is 11.3 Å². The molecule has 0 aliphatic rings. The van der Waals surface area contributed by atoms with Crippen molar-refractivity contribution in [1.29, 1.82) is 0 Å². The Morgan fingerprint density at radius 2 is 2.24 bits per heavy atom. The third-order valence-electron chi connectivity index (χ3n) is 3.27. The monoisotopic (exact) mass is 299 g/mol. The summed E-state index contributed by atoms with van der Waals surface area (Å²) < 4.78 is 1.82. The smallest absolute Gasteiger partial charge is 0.113 e. The van der Waals surface area contributed by atoms with Gasteiger partial charge in [-0.05, 0) is 19.1 Å². The molecule has 5 nitrogen and oxygen atoms in total. The SMILES string of the molecule is CCN(Cc1nc(-c2cccnc2)cs1)c1cnn(C)c1. The first-order chi connectivity index (χ1) is 10.3. The first-order valence-corrected chi connectivity index (χ1v) is 7.72. The van der Waals surface area contributed by atoms with Crippen molar-refractivity contribution in [2.75, 3.05) is 11.4 Å². The zero-order chi connectivity index (χ0) is 14.7. The maximum Gasteiger partial charge on any atom is 0.113 e. The number of thiazole rings is 1. The maximum atomic E-state index is 4.71. The van der Waals surface area contributed by atoms with Crippen molar-refractivity contribution in [3.05, 3.63) is 47.3 Å². The average molecular weight is 299 g/mol. The van der Waals surface area contributed by atoms with Crippen molar-refractivity contribution in [3.63, 3.8) is 0 Å². The Hall–Kier alpha value is -2.21. The van der Waals surface area contributed by atoms with Crippen LogP contribution in [0, 0.1) is 0 Å². The number of aromatic nitrogens is 4. The predicted molar refractivity (Wildman–Crippen MR) is 85.3 cm³/mol. The summed E-state index contributed by atoms with van der Waals surface area (Å²) in [4.78, 5) is 11.1. The highest BCUT2D eigenvalue weighted by molar-refractivity contribution is 7.10. The minimum absolute atomic E-state index is 0.799. The largest absolute Gasteiger partial charge is 0.363 e. The normalized spacial score (nSPS) is 10.8. The van der Waals surface area contributed by atoms with Gasteiger partial charge >= 0.3 is 0 Å². The molecular formula is C15H17N5S. The van der Waals surface area contributed by atoms with Crippen molar-refractivity contribution in [2.24, 2.45) is 7.05 Å². The van der Waals surface area contributed by atoms with Gasteiger partial charge in [0.25, 0.3) is 0 Å². The van der Waals surface area contributed by atoms with Gasteiger partial charge in [-0.25, -0.2) is 4.98 Å². The standard InChI is InChI=1S/C15H17N5S/c1-3-20(13-8-17-19(2)9-13)10-15-18-14(11-21-15)12-5-4-6-16-7-12/h4-9,11H,3,10H2,1-2H3. The topological polar surface area (TPSA) is 46.8 Å². The molecule has 0 N–H and O–H groups in total. The second-order valence-corrected chi connectivity index (χ2v) is 5.70. The van der Waals surface area contributed by atoms with Crippen LogP contribution >= 0.6 is 11.3 Å². The minimum Gasteiger partial charge on any atom is -0.363 e. The van der Waals surface area contributed by atoms with E-state index in [9.17, 15) is 0 Å². The summed E-state index contributed by atoms with van der Waals surface area (Å²) in [6.45, 7) is 3.86. The van der Waals surface area contributed by atoms with E-state index in [0.717, 1.165) is 35.0 Å². The van der Waals surface area contributed by atoms with Gasteiger partial charge in [0.2, 0.25) is 0 Å². The number of aryl methyl sites for hydroxylation is 1. The Morgan fingerprint density at radius 3 is 2.90 bits per heavy atom. The Kier molecular flexibility index (Phi) is 3.96.